The highest BCUT2D eigenvalue weighted by molar-refractivity contribution is 6.28. The third-order valence-electron chi connectivity index (χ3n) is 7.23. The van der Waals surface area contributed by atoms with Crippen LogP contribution in [0.1, 0.15) is 0 Å². The van der Waals surface area contributed by atoms with Crippen LogP contribution < -0.4 is 0 Å². The number of aromatic nitrogens is 2. The lowest BCUT2D eigenvalue weighted by molar-refractivity contribution is 1.35. The predicted octanol–water partition coefficient (Wildman–Crippen LogP) is 8.40. The Labute approximate surface area is 196 Å². The Morgan fingerprint density at radius 3 is 2.21 bits per heavy atom. The molecule has 0 saturated carbocycles. The van der Waals surface area contributed by atoms with Gasteiger partial charge in [-0.2, -0.15) is 0 Å². The van der Waals surface area contributed by atoms with E-state index in [1.165, 1.54) is 54.6 Å². The van der Waals surface area contributed by atoms with E-state index in [1.54, 1.807) is 0 Å². The Hall–Kier alpha value is -4.56. The Balaban J connectivity index is 1.54. The first-order valence-corrected chi connectivity index (χ1v) is 11.6. The van der Waals surface area contributed by atoms with Crippen molar-refractivity contribution in [1.82, 2.24) is 9.97 Å². The average Bonchev–Trinajstić information content (AvgIpc) is 3.23. The van der Waals surface area contributed by atoms with Crippen LogP contribution in [0, 0.1) is 0 Å². The molecule has 2 aromatic heterocycles. The molecule has 1 aliphatic rings. The van der Waals surface area contributed by atoms with Crippen LogP contribution in [0.2, 0.25) is 0 Å². The normalized spacial score (nSPS) is 12.1. The van der Waals surface area contributed by atoms with Crippen LogP contribution >= 0.6 is 0 Å². The van der Waals surface area contributed by atoms with E-state index in [-0.39, 0.29) is 0 Å². The number of benzene rings is 5. The summed E-state index contributed by atoms with van der Waals surface area (Å²) >= 11 is 0. The molecule has 0 spiro atoms. The van der Waals surface area contributed by atoms with Crippen molar-refractivity contribution in [2.45, 2.75) is 0 Å². The van der Waals surface area contributed by atoms with Gasteiger partial charge in [0.2, 0.25) is 0 Å². The zero-order chi connectivity index (χ0) is 22.2. The number of hydrogen-bond donors (Lipinski definition) is 0. The van der Waals surface area contributed by atoms with Crippen molar-refractivity contribution in [3.8, 4) is 33.6 Å². The van der Waals surface area contributed by atoms with E-state index in [9.17, 15) is 0 Å². The molecule has 0 radical (unpaired) electrons. The standard InChI is InChI=1S/C32H18N2/c1-4-13-29-19(7-1)14-15-30(34-29)27-17-26-23-11-5-10-22-24-12-6-16-33-32(24)28(31(22)23)18-25(26)20-8-2-3-9-21(20)27/h1-18H. The van der Waals surface area contributed by atoms with Crippen LogP contribution in [0.4, 0.5) is 0 Å². The average molecular weight is 431 g/mol. The number of rotatable bonds is 1. The summed E-state index contributed by atoms with van der Waals surface area (Å²) in [6, 6.07) is 36.9. The minimum absolute atomic E-state index is 1.00. The molecule has 0 unspecified atom stereocenters. The van der Waals surface area contributed by atoms with Crippen molar-refractivity contribution in [3.63, 3.8) is 0 Å². The Morgan fingerprint density at radius 2 is 1.24 bits per heavy atom. The van der Waals surface area contributed by atoms with Gasteiger partial charge in [0.1, 0.15) is 0 Å². The lowest BCUT2D eigenvalue weighted by Crippen LogP contribution is -1.90. The smallest absolute Gasteiger partial charge is 0.0787 e. The Bertz CT molecular complexity index is 1970. The summed E-state index contributed by atoms with van der Waals surface area (Å²) in [6.45, 7) is 0. The van der Waals surface area contributed by atoms with Crippen LogP contribution in [-0.2, 0) is 0 Å². The third kappa shape index (κ3) is 2.29. The van der Waals surface area contributed by atoms with Gasteiger partial charge in [-0.1, -0.05) is 72.8 Å². The van der Waals surface area contributed by atoms with Gasteiger partial charge < -0.3 is 0 Å². The molecule has 8 rings (SSSR count). The van der Waals surface area contributed by atoms with Crippen LogP contribution in [-0.4, -0.2) is 9.97 Å². The van der Waals surface area contributed by atoms with Gasteiger partial charge in [-0.25, -0.2) is 4.98 Å². The summed E-state index contributed by atoms with van der Waals surface area (Å²) in [7, 11) is 0. The van der Waals surface area contributed by atoms with Crippen LogP contribution in [0.5, 0.6) is 0 Å². The molecule has 34 heavy (non-hydrogen) atoms. The summed E-state index contributed by atoms with van der Waals surface area (Å²) in [5.74, 6) is 0. The highest BCUT2D eigenvalue weighted by Gasteiger charge is 2.24. The van der Waals surface area contributed by atoms with Gasteiger partial charge in [0.25, 0.3) is 0 Å². The molecule has 2 nitrogen and oxygen atoms in total. The number of para-hydroxylation sites is 1. The van der Waals surface area contributed by atoms with Gasteiger partial charge in [0.15, 0.2) is 0 Å². The SMILES string of the molecule is c1cnc2c(c1)-c1cccc3c1c-2cc1c2ccccc2c(-c2ccc4ccccc4n2)cc31. The summed E-state index contributed by atoms with van der Waals surface area (Å²) in [6.07, 6.45) is 1.90. The minimum Gasteiger partial charge on any atom is -0.256 e. The monoisotopic (exact) mass is 430 g/mol. The van der Waals surface area contributed by atoms with Crippen molar-refractivity contribution in [3.05, 3.63) is 109 Å². The number of hydrogen-bond acceptors (Lipinski definition) is 2. The van der Waals surface area contributed by atoms with Crippen LogP contribution in [0.25, 0.3) is 76.9 Å². The second-order valence-corrected chi connectivity index (χ2v) is 9.01. The molecule has 0 aliphatic heterocycles. The molecule has 1 aliphatic carbocycles. The van der Waals surface area contributed by atoms with Gasteiger partial charge in [0, 0.05) is 28.3 Å². The third-order valence-corrected chi connectivity index (χ3v) is 7.23. The zero-order valence-corrected chi connectivity index (χ0v) is 18.3. The first kappa shape index (κ1) is 17.9. The van der Waals surface area contributed by atoms with Crippen LogP contribution in [0.3, 0.4) is 0 Å². The van der Waals surface area contributed by atoms with Gasteiger partial charge in [-0.05, 0) is 68.2 Å². The maximum absolute atomic E-state index is 5.05. The van der Waals surface area contributed by atoms with Gasteiger partial charge in [0.05, 0.1) is 16.9 Å². The summed E-state index contributed by atoms with van der Waals surface area (Å²) in [5.41, 5.74) is 8.00. The number of pyridine rings is 2. The van der Waals surface area contributed by atoms with Crippen molar-refractivity contribution >= 4 is 43.2 Å². The van der Waals surface area contributed by atoms with Gasteiger partial charge >= 0.3 is 0 Å². The van der Waals surface area contributed by atoms with Gasteiger partial charge in [-0.15, -0.1) is 0 Å². The first-order chi connectivity index (χ1) is 16.9. The molecule has 2 heteroatoms. The molecule has 0 N–H and O–H groups in total. The molecule has 0 saturated heterocycles. The Kier molecular flexibility index (Phi) is 3.42. The lowest BCUT2D eigenvalue weighted by Gasteiger charge is -2.14. The molecule has 0 atom stereocenters. The van der Waals surface area contributed by atoms with E-state index in [0.717, 1.165) is 22.3 Å². The fraction of sp³-hybridized carbons (Fsp3) is 0. The van der Waals surface area contributed by atoms with Crippen molar-refractivity contribution in [2.24, 2.45) is 0 Å². The van der Waals surface area contributed by atoms with Crippen molar-refractivity contribution < 1.29 is 0 Å². The largest absolute Gasteiger partial charge is 0.256 e. The molecular weight excluding hydrogens is 412 g/mol. The second-order valence-electron chi connectivity index (χ2n) is 9.01. The van der Waals surface area contributed by atoms with Crippen LogP contribution in [0.15, 0.2) is 109 Å². The second kappa shape index (κ2) is 6.49. The van der Waals surface area contributed by atoms with Gasteiger partial charge in [-0.3, -0.25) is 4.98 Å². The minimum atomic E-state index is 1.00. The fourth-order valence-corrected chi connectivity index (χ4v) is 5.74. The van der Waals surface area contributed by atoms with E-state index < -0.39 is 0 Å². The quantitative estimate of drug-likeness (QED) is 0.244. The summed E-state index contributed by atoms with van der Waals surface area (Å²) in [4.78, 5) is 9.82. The highest BCUT2D eigenvalue weighted by Crippen LogP contribution is 2.49. The summed E-state index contributed by atoms with van der Waals surface area (Å²) in [5, 5.41) is 8.73. The first-order valence-electron chi connectivity index (χ1n) is 11.6. The highest BCUT2D eigenvalue weighted by atomic mass is 14.7. The fourth-order valence-electron chi connectivity index (χ4n) is 5.74. The molecular formula is C32H18N2. The topological polar surface area (TPSA) is 25.8 Å². The molecule has 156 valence electrons. The van der Waals surface area contributed by atoms with E-state index >= 15 is 0 Å². The number of fused-ring (bicyclic) bond motifs is 8. The van der Waals surface area contributed by atoms with E-state index in [4.69, 9.17) is 9.97 Å². The molecule has 0 amide bonds. The predicted molar refractivity (Wildman–Crippen MR) is 142 cm³/mol. The molecule has 0 fully saturated rings. The maximum Gasteiger partial charge on any atom is 0.0787 e. The van der Waals surface area contributed by atoms with E-state index in [2.05, 4.69) is 97.1 Å². The van der Waals surface area contributed by atoms with Crippen molar-refractivity contribution in [2.75, 3.05) is 0 Å². The van der Waals surface area contributed by atoms with E-state index in [0.29, 0.717) is 0 Å². The molecule has 7 aromatic rings. The maximum atomic E-state index is 5.05. The molecule has 0 bridgehead atoms. The summed E-state index contributed by atoms with van der Waals surface area (Å²) < 4.78 is 0. The molecule has 2 heterocycles. The lowest BCUT2D eigenvalue weighted by atomic mass is 9.90. The zero-order valence-electron chi connectivity index (χ0n) is 18.3. The molecule has 5 aromatic carbocycles. The van der Waals surface area contributed by atoms with E-state index in [1.807, 2.05) is 12.3 Å². The number of nitrogens with zero attached hydrogens (tertiary/aromatic N) is 2. The Morgan fingerprint density at radius 1 is 0.471 bits per heavy atom. The van der Waals surface area contributed by atoms with Crippen molar-refractivity contribution in [1.29, 1.82) is 0 Å².